The van der Waals surface area contributed by atoms with Crippen LogP contribution in [0.2, 0.25) is 0 Å². The third-order valence-electron chi connectivity index (χ3n) is 2.88. The van der Waals surface area contributed by atoms with Crippen molar-refractivity contribution in [2.75, 3.05) is 0 Å². The Labute approximate surface area is 128 Å². The normalized spacial score (nSPS) is 12.2. The summed E-state index contributed by atoms with van der Waals surface area (Å²) in [5.74, 6) is -0.374. The lowest BCUT2D eigenvalue weighted by Gasteiger charge is -2.13. The van der Waals surface area contributed by atoms with Gasteiger partial charge in [-0.25, -0.2) is 4.39 Å². The number of benzene rings is 2. The van der Waals surface area contributed by atoms with Crippen LogP contribution in [0.5, 0.6) is 0 Å². The first kappa shape index (κ1) is 14.9. The fourth-order valence-electron chi connectivity index (χ4n) is 1.87. The Balaban J connectivity index is 2.19. The molecular weight excluding hydrogens is 349 g/mol. The Kier molecular flexibility index (Phi) is 4.73. The number of hydrogen-bond acceptors (Lipinski definition) is 2. The van der Waals surface area contributed by atoms with Gasteiger partial charge in [-0.15, -0.1) is 11.6 Å². The first-order chi connectivity index (χ1) is 9.49. The molecule has 0 saturated heterocycles. The molecule has 0 bridgehead atoms. The van der Waals surface area contributed by atoms with Gasteiger partial charge in [0.15, 0.2) is 0 Å². The van der Waals surface area contributed by atoms with E-state index in [0.717, 1.165) is 5.56 Å². The molecule has 2 aromatic rings. The summed E-state index contributed by atoms with van der Waals surface area (Å²) in [6, 6.07) is 10.8. The number of non-ortho nitro benzene ring substituents is 1. The molecule has 0 spiro atoms. The van der Waals surface area contributed by atoms with Gasteiger partial charge >= 0.3 is 0 Å². The largest absolute Gasteiger partial charge is 0.269 e. The van der Waals surface area contributed by atoms with Crippen LogP contribution in [0.4, 0.5) is 10.1 Å². The van der Waals surface area contributed by atoms with E-state index in [-0.39, 0.29) is 11.5 Å². The molecule has 3 nitrogen and oxygen atoms in total. The number of alkyl halides is 1. The Bertz CT molecular complexity index is 613. The number of rotatable bonds is 4. The van der Waals surface area contributed by atoms with Gasteiger partial charge in [-0.1, -0.05) is 34.1 Å². The minimum Gasteiger partial charge on any atom is -0.258 e. The SMILES string of the molecule is O=[N+]([O-])c1ccc(CC(Cl)c2c(F)cccc2Br)cc1. The van der Waals surface area contributed by atoms with Crippen molar-refractivity contribution in [3.63, 3.8) is 0 Å². The van der Waals surface area contributed by atoms with E-state index in [0.29, 0.717) is 16.5 Å². The van der Waals surface area contributed by atoms with E-state index < -0.39 is 10.3 Å². The Morgan fingerprint density at radius 2 is 1.90 bits per heavy atom. The summed E-state index contributed by atoms with van der Waals surface area (Å²) in [4.78, 5) is 10.1. The molecule has 0 saturated carbocycles. The first-order valence-corrected chi connectivity index (χ1v) is 7.03. The highest BCUT2D eigenvalue weighted by Gasteiger charge is 2.17. The second-order valence-corrected chi connectivity index (χ2v) is 5.61. The zero-order valence-corrected chi connectivity index (χ0v) is 12.6. The van der Waals surface area contributed by atoms with E-state index in [9.17, 15) is 14.5 Å². The molecule has 104 valence electrons. The molecule has 0 aliphatic carbocycles. The summed E-state index contributed by atoms with van der Waals surface area (Å²) in [6.07, 6.45) is 0.388. The minimum absolute atomic E-state index is 0.0203. The van der Waals surface area contributed by atoms with Crippen LogP contribution in [0.15, 0.2) is 46.9 Å². The summed E-state index contributed by atoms with van der Waals surface area (Å²) >= 11 is 9.53. The second kappa shape index (κ2) is 6.33. The van der Waals surface area contributed by atoms with Gasteiger partial charge in [-0.05, 0) is 24.1 Å². The smallest absolute Gasteiger partial charge is 0.258 e. The third kappa shape index (κ3) is 3.35. The lowest BCUT2D eigenvalue weighted by Crippen LogP contribution is -2.00. The molecule has 0 fully saturated rings. The van der Waals surface area contributed by atoms with Gasteiger partial charge in [0, 0.05) is 22.2 Å². The molecular formula is C14H10BrClFNO2. The zero-order chi connectivity index (χ0) is 14.7. The van der Waals surface area contributed by atoms with Gasteiger partial charge < -0.3 is 0 Å². The summed E-state index contributed by atoms with van der Waals surface area (Å²) in [5.41, 5.74) is 1.23. The Hall–Kier alpha value is -1.46. The first-order valence-electron chi connectivity index (χ1n) is 5.80. The fraction of sp³-hybridized carbons (Fsp3) is 0.143. The van der Waals surface area contributed by atoms with Crippen LogP contribution in [-0.2, 0) is 6.42 Å². The van der Waals surface area contributed by atoms with Gasteiger partial charge in [0.1, 0.15) is 5.82 Å². The Morgan fingerprint density at radius 1 is 1.25 bits per heavy atom. The highest BCUT2D eigenvalue weighted by atomic mass is 79.9. The molecule has 0 heterocycles. The summed E-state index contributed by atoms with van der Waals surface area (Å²) in [7, 11) is 0. The number of halogens is 3. The van der Waals surface area contributed by atoms with Crippen molar-refractivity contribution in [2.45, 2.75) is 11.8 Å². The average Bonchev–Trinajstić information content (AvgIpc) is 2.39. The van der Waals surface area contributed by atoms with E-state index in [4.69, 9.17) is 11.6 Å². The molecule has 2 aromatic carbocycles. The zero-order valence-electron chi connectivity index (χ0n) is 10.2. The van der Waals surface area contributed by atoms with E-state index in [2.05, 4.69) is 15.9 Å². The van der Waals surface area contributed by atoms with E-state index >= 15 is 0 Å². The van der Waals surface area contributed by atoms with Gasteiger partial charge in [0.05, 0.1) is 10.3 Å². The van der Waals surface area contributed by atoms with Crippen LogP contribution in [0.25, 0.3) is 0 Å². The quantitative estimate of drug-likeness (QED) is 0.437. The van der Waals surface area contributed by atoms with Gasteiger partial charge in [0.2, 0.25) is 0 Å². The van der Waals surface area contributed by atoms with Gasteiger partial charge in [-0.2, -0.15) is 0 Å². The van der Waals surface area contributed by atoms with E-state index in [1.165, 1.54) is 18.2 Å². The van der Waals surface area contributed by atoms with Crippen LogP contribution in [0, 0.1) is 15.9 Å². The maximum Gasteiger partial charge on any atom is 0.269 e. The molecule has 20 heavy (non-hydrogen) atoms. The highest BCUT2D eigenvalue weighted by Crippen LogP contribution is 2.33. The summed E-state index contributed by atoms with van der Waals surface area (Å²) in [5, 5.41) is 10.0. The second-order valence-electron chi connectivity index (χ2n) is 4.23. The van der Waals surface area contributed by atoms with Crippen molar-refractivity contribution in [3.05, 3.63) is 74.0 Å². The molecule has 0 aliphatic rings. The van der Waals surface area contributed by atoms with Crippen molar-refractivity contribution in [3.8, 4) is 0 Å². The van der Waals surface area contributed by atoms with E-state index in [1.54, 1.807) is 24.3 Å². The number of nitro groups is 1. The van der Waals surface area contributed by atoms with Crippen molar-refractivity contribution in [1.82, 2.24) is 0 Å². The molecule has 0 aliphatic heterocycles. The molecule has 0 amide bonds. The minimum atomic E-state index is -0.549. The van der Waals surface area contributed by atoms with Crippen molar-refractivity contribution < 1.29 is 9.31 Å². The molecule has 1 unspecified atom stereocenters. The Morgan fingerprint density at radius 3 is 2.45 bits per heavy atom. The fourth-order valence-corrected chi connectivity index (χ4v) is 3.02. The van der Waals surface area contributed by atoms with Crippen LogP contribution < -0.4 is 0 Å². The number of hydrogen-bond donors (Lipinski definition) is 0. The molecule has 6 heteroatoms. The topological polar surface area (TPSA) is 43.1 Å². The van der Waals surface area contributed by atoms with Gasteiger partial charge in [0.25, 0.3) is 5.69 Å². The predicted molar refractivity (Wildman–Crippen MR) is 79.5 cm³/mol. The lowest BCUT2D eigenvalue weighted by molar-refractivity contribution is -0.384. The van der Waals surface area contributed by atoms with Crippen molar-refractivity contribution >= 4 is 33.2 Å². The van der Waals surface area contributed by atoms with Crippen molar-refractivity contribution in [2.24, 2.45) is 0 Å². The predicted octanol–water partition coefficient (Wildman–Crippen LogP) is 5.02. The number of nitro benzene ring substituents is 1. The molecule has 0 aromatic heterocycles. The molecule has 0 radical (unpaired) electrons. The summed E-state index contributed by atoms with van der Waals surface area (Å²) in [6.45, 7) is 0. The molecule has 1 atom stereocenters. The average molecular weight is 359 g/mol. The highest BCUT2D eigenvalue weighted by molar-refractivity contribution is 9.10. The van der Waals surface area contributed by atoms with Crippen LogP contribution >= 0.6 is 27.5 Å². The van der Waals surface area contributed by atoms with Crippen LogP contribution in [-0.4, -0.2) is 4.92 Å². The van der Waals surface area contributed by atoms with Crippen LogP contribution in [0.3, 0.4) is 0 Å². The van der Waals surface area contributed by atoms with Crippen LogP contribution in [0.1, 0.15) is 16.5 Å². The maximum atomic E-state index is 13.8. The monoisotopic (exact) mass is 357 g/mol. The third-order valence-corrected chi connectivity index (χ3v) is 3.94. The van der Waals surface area contributed by atoms with Gasteiger partial charge in [-0.3, -0.25) is 10.1 Å². The molecule has 2 rings (SSSR count). The standard InChI is InChI=1S/C14H10BrClFNO2/c15-11-2-1-3-13(17)14(11)12(16)8-9-4-6-10(7-5-9)18(19)20/h1-7,12H,8H2. The molecule has 0 N–H and O–H groups in total. The summed E-state index contributed by atoms with van der Waals surface area (Å²) < 4.78 is 14.4. The lowest BCUT2D eigenvalue weighted by atomic mass is 10.0. The number of nitrogens with zero attached hydrogens (tertiary/aromatic N) is 1. The van der Waals surface area contributed by atoms with E-state index in [1.807, 2.05) is 0 Å². The van der Waals surface area contributed by atoms with Crippen molar-refractivity contribution in [1.29, 1.82) is 0 Å². The maximum absolute atomic E-state index is 13.8.